The Labute approximate surface area is 182 Å². The zero-order chi connectivity index (χ0) is 22.4. The third-order valence-electron chi connectivity index (χ3n) is 5.09. The van der Waals surface area contributed by atoms with E-state index in [0.717, 1.165) is 11.1 Å². The average molecular weight is 446 g/mol. The molecule has 1 aliphatic rings. The van der Waals surface area contributed by atoms with E-state index >= 15 is 0 Å². The highest BCUT2D eigenvalue weighted by Gasteiger charge is 2.39. The number of aryl methyl sites for hydroxylation is 1. The van der Waals surface area contributed by atoms with Gasteiger partial charge in [-0.15, -0.1) is 0 Å². The molecule has 2 N–H and O–H groups in total. The van der Waals surface area contributed by atoms with Gasteiger partial charge in [-0.1, -0.05) is 29.8 Å². The van der Waals surface area contributed by atoms with E-state index in [4.69, 9.17) is 4.74 Å². The van der Waals surface area contributed by atoms with Gasteiger partial charge in [0.25, 0.3) is 0 Å². The second-order valence-electron chi connectivity index (χ2n) is 7.49. The van der Waals surface area contributed by atoms with Crippen LogP contribution in [0, 0.1) is 6.92 Å². The van der Waals surface area contributed by atoms with Gasteiger partial charge in [0, 0.05) is 25.9 Å². The predicted molar refractivity (Wildman–Crippen MR) is 117 cm³/mol. The number of methoxy groups -OCH3 is 1. The maximum Gasteiger partial charge on any atom is 0.250 e. The second kappa shape index (κ2) is 10.0. The maximum absolute atomic E-state index is 13.0. The Bertz CT molecular complexity index is 1040. The van der Waals surface area contributed by atoms with Gasteiger partial charge >= 0.3 is 0 Å². The summed E-state index contributed by atoms with van der Waals surface area (Å²) in [7, 11) is -2.30. The minimum Gasteiger partial charge on any atom is -0.375 e. The van der Waals surface area contributed by atoms with Gasteiger partial charge in [0.05, 0.1) is 4.90 Å². The summed E-state index contributed by atoms with van der Waals surface area (Å²) in [5, 5.41) is 5.54. The summed E-state index contributed by atoms with van der Waals surface area (Å²) < 4.78 is 32.1. The van der Waals surface area contributed by atoms with E-state index in [2.05, 4.69) is 10.6 Å². The molecule has 2 aromatic rings. The molecule has 0 aliphatic carbocycles. The van der Waals surface area contributed by atoms with Crippen LogP contribution in [-0.4, -0.2) is 50.8 Å². The van der Waals surface area contributed by atoms with Gasteiger partial charge in [0.15, 0.2) is 0 Å². The molecule has 3 rings (SSSR count). The standard InChI is InChI=1S/C22H27N3O5S/c1-16-8-10-19(11-9-16)31(28,29)25-12-4-7-20(25)22(27)23-14-17-5-3-6-18(13-17)24-21(26)15-30-2/h3,5-6,8-11,13,20H,4,7,12,14-15H2,1-2H3,(H,23,27)(H,24,26)/t20-/m0/s1. The van der Waals surface area contributed by atoms with Crippen molar-refractivity contribution < 1.29 is 22.7 Å². The Hall–Kier alpha value is -2.75. The summed E-state index contributed by atoms with van der Waals surface area (Å²) >= 11 is 0. The van der Waals surface area contributed by atoms with Gasteiger partial charge in [-0.25, -0.2) is 8.42 Å². The summed E-state index contributed by atoms with van der Waals surface area (Å²) in [4.78, 5) is 24.7. The Morgan fingerprint density at radius 3 is 2.61 bits per heavy atom. The lowest BCUT2D eigenvalue weighted by Crippen LogP contribution is -2.45. The van der Waals surface area contributed by atoms with Crippen LogP contribution in [0.4, 0.5) is 5.69 Å². The third kappa shape index (κ3) is 5.69. The van der Waals surface area contributed by atoms with E-state index in [-0.39, 0.29) is 29.9 Å². The summed E-state index contributed by atoms with van der Waals surface area (Å²) in [5.74, 6) is -0.603. The molecule has 1 aliphatic heterocycles. The van der Waals surface area contributed by atoms with Crippen molar-refractivity contribution in [3.05, 3.63) is 59.7 Å². The first-order valence-electron chi connectivity index (χ1n) is 10.0. The maximum atomic E-state index is 13.0. The van der Waals surface area contributed by atoms with E-state index in [0.29, 0.717) is 25.1 Å². The Balaban J connectivity index is 1.65. The first-order chi connectivity index (χ1) is 14.8. The van der Waals surface area contributed by atoms with E-state index in [1.807, 2.05) is 13.0 Å². The number of ether oxygens (including phenoxy) is 1. The van der Waals surface area contributed by atoms with Crippen LogP contribution in [0.2, 0.25) is 0 Å². The summed E-state index contributed by atoms with van der Waals surface area (Å²) in [6, 6.07) is 13.0. The molecular weight excluding hydrogens is 418 g/mol. The molecule has 1 heterocycles. The molecule has 1 saturated heterocycles. The van der Waals surface area contributed by atoms with Crippen LogP contribution in [0.3, 0.4) is 0 Å². The Morgan fingerprint density at radius 2 is 1.90 bits per heavy atom. The van der Waals surface area contributed by atoms with Crippen molar-refractivity contribution in [1.29, 1.82) is 0 Å². The van der Waals surface area contributed by atoms with Crippen molar-refractivity contribution in [2.75, 3.05) is 25.6 Å². The lowest BCUT2D eigenvalue weighted by atomic mass is 10.1. The Morgan fingerprint density at radius 1 is 1.16 bits per heavy atom. The highest BCUT2D eigenvalue weighted by atomic mass is 32.2. The van der Waals surface area contributed by atoms with Gasteiger partial charge < -0.3 is 15.4 Å². The van der Waals surface area contributed by atoms with Crippen LogP contribution in [0.1, 0.15) is 24.0 Å². The van der Waals surface area contributed by atoms with Crippen LogP contribution in [0.15, 0.2) is 53.4 Å². The van der Waals surface area contributed by atoms with Gasteiger partial charge in [-0.05, 0) is 49.6 Å². The van der Waals surface area contributed by atoms with Crippen LogP contribution in [-0.2, 0) is 30.9 Å². The minimum absolute atomic E-state index is 0.0477. The average Bonchev–Trinajstić information content (AvgIpc) is 3.24. The number of nitrogens with zero attached hydrogens (tertiary/aromatic N) is 1. The molecule has 0 bridgehead atoms. The van der Waals surface area contributed by atoms with Crippen molar-refractivity contribution in [2.24, 2.45) is 0 Å². The van der Waals surface area contributed by atoms with Crippen LogP contribution < -0.4 is 10.6 Å². The molecule has 0 spiro atoms. The highest BCUT2D eigenvalue weighted by Crippen LogP contribution is 2.26. The first-order valence-corrected chi connectivity index (χ1v) is 11.5. The molecule has 0 unspecified atom stereocenters. The zero-order valence-corrected chi connectivity index (χ0v) is 18.4. The number of hydrogen-bond acceptors (Lipinski definition) is 5. The molecule has 0 radical (unpaired) electrons. The molecule has 1 fully saturated rings. The lowest BCUT2D eigenvalue weighted by molar-refractivity contribution is -0.124. The molecule has 8 nitrogen and oxygen atoms in total. The number of sulfonamides is 1. The van der Waals surface area contributed by atoms with E-state index in [9.17, 15) is 18.0 Å². The van der Waals surface area contributed by atoms with Crippen LogP contribution in [0.25, 0.3) is 0 Å². The summed E-state index contributed by atoms with van der Waals surface area (Å²) in [6.45, 7) is 2.38. The first kappa shape index (κ1) is 22.9. The molecule has 1 atom stereocenters. The van der Waals surface area contributed by atoms with Gasteiger partial charge in [0.1, 0.15) is 12.6 Å². The summed E-state index contributed by atoms with van der Waals surface area (Å²) in [5.41, 5.74) is 2.35. The highest BCUT2D eigenvalue weighted by molar-refractivity contribution is 7.89. The number of carbonyl (C=O) groups is 2. The minimum atomic E-state index is -3.75. The number of rotatable bonds is 8. The SMILES string of the molecule is COCC(=O)Nc1cccc(CNC(=O)[C@@H]2CCCN2S(=O)(=O)c2ccc(C)cc2)c1. The summed E-state index contributed by atoms with van der Waals surface area (Å²) in [6.07, 6.45) is 1.11. The zero-order valence-electron chi connectivity index (χ0n) is 17.6. The molecule has 0 aromatic heterocycles. The van der Waals surface area contributed by atoms with E-state index < -0.39 is 16.1 Å². The monoisotopic (exact) mass is 445 g/mol. The van der Waals surface area contributed by atoms with Crippen molar-refractivity contribution in [3.63, 3.8) is 0 Å². The molecular formula is C22H27N3O5S. The van der Waals surface area contributed by atoms with Crippen LogP contribution in [0.5, 0.6) is 0 Å². The van der Waals surface area contributed by atoms with E-state index in [1.54, 1.807) is 42.5 Å². The number of nitrogens with one attached hydrogen (secondary N) is 2. The lowest BCUT2D eigenvalue weighted by Gasteiger charge is -2.23. The number of benzene rings is 2. The fourth-order valence-electron chi connectivity index (χ4n) is 3.53. The van der Waals surface area contributed by atoms with Crippen molar-refractivity contribution in [3.8, 4) is 0 Å². The van der Waals surface area contributed by atoms with Gasteiger partial charge in [0.2, 0.25) is 21.8 Å². The number of carbonyl (C=O) groups excluding carboxylic acids is 2. The number of hydrogen-bond donors (Lipinski definition) is 2. The smallest absolute Gasteiger partial charge is 0.250 e. The fourth-order valence-corrected chi connectivity index (χ4v) is 5.19. The van der Waals surface area contributed by atoms with Crippen molar-refractivity contribution in [1.82, 2.24) is 9.62 Å². The third-order valence-corrected chi connectivity index (χ3v) is 7.01. The molecule has 9 heteroatoms. The Kier molecular flexibility index (Phi) is 7.42. The van der Waals surface area contributed by atoms with Crippen molar-refractivity contribution in [2.45, 2.75) is 37.2 Å². The topological polar surface area (TPSA) is 105 Å². The molecule has 2 amide bonds. The number of amides is 2. The van der Waals surface area contributed by atoms with Crippen molar-refractivity contribution >= 4 is 27.5 Å². The second-order valence-corrected chi connectivity index (χ2v) is 9.38. The van der Waals surface area contributed by atoms with Crippen LogP contribution >= 0.6 is 0 Å². The molecule has 0 saturated carbocycles. The largest absolute Gasteiger partial charge is 0.375 e. The number of anilines is 1. The van der Waals surface area contributed by atoms with E-state index in [1.165, 1.54) is 11.4 Å². The molecule has 166 valence electrons. The predicted octanol–water partition coefficient (Wildman–Crippen LogP) is 2.05. The van der Waals surface area contributed by atoms with Gasteiger partial charge in [-0.3, -0.25) is 9.59 Å². The van der Waals surface area contributed by atoms with Gasteiger partial charge in [-0.2, -0.15) is 4.31 Å². The normalized spacial score (nSPS) is 16.8. The fraction of sp³-hybridized carbons (Fsp3) is 0.364. The quantitative estimate of drug-likeness (QED) is 0.647. The molecule has 31 heavy (non-hydrogen) atoms. The molecule has 2 aromatic carbocycles.